The number of benzene rings is 2. The van der Waals surface area contributed by atoms with Gasteiger partial charge in [0.15, 0.2) is 0 Å². The average Bonchev–Trinajstić information content (AvgIpc) is 2.67. The number of hydrogen-bond acceptors (Lipinski definition) is 3. The van der Waals surface area contributed by atoms with Crippen molar-refractivity contribution in [2.75, 3.05) is 7.05 Å². The SMILES string of the molecule is CN(Cc1ccc2ccccc2n1)C(=O)c1ccnc2ccccc12. The van der Waals surface area contributed by atoms with E-state index in [4.69, 9.17) is 0 Å². The number of carbonyl (C=O) groups excluding carboxylic acids is 1. The number of carbonyl (C=O) groups is 1. The van der Waals surface area contributed by atoms with E-state index in [-0.39, 0.29) is 5.91 Å². The van der Waals surface area contributed by atoms with Crippen LogP contribution in [0.1, 0.15) is 16.1 Å². The molecule has 0 atom stereocenters. The van der Waals surface area contributed by atoms with Crippen molar-refractivity contribution >= 4 is 27.7 Å². The Hall–Kier alpha value is -3.27. The summed E-state index contributed by atoms with van der Waals surface area (Å²) in [4.78, 5) is 23.6. The van der Waals surface area contributed by atoms with Gasteiger partial charge in [-0.05, 0) is 24.3 Å². The third-order valence-electron chi connectivity index (χ3n) is 4.28. The van der Waals surface area contributed by atoms with Gasteiger partial charge in [0.2, 0.25) is 0 Å². The molecule has 0 radical (unpaired) electrons. The van der Waals surface area contributed by atoms with Gasteiger partial charge in [-0.25, -0.2) is 0 Å². The van der Waals surface area contributed by atoms with Crippen molar-refractivity contribution in [1.82, 2.24) is 14.9 Å². The van der Waals surface area contributed by atoms with Crippen LogP contribution >= 0.6 is 0 Å². The summed E-state index contributed by atoms with van der Waals surface area (Å²) < 4.78 is 0. The van der Waals surface area contributed by atoms with Gasteiger partial charge in [0, 0.05) is 24.0 Å². The lowest BCUT2D eigenvalue weighted by molar-refractivity contribution is 0.0785. The molecular weight excluding hydrogens is 310 g/mol. The minimum absolute atomic E-state index is 0.0337. The lowest BCUT2D eigenvalue weighted by Gasteiger charge is -2.18. The summed E-state index contributed by atoms with van der Waals surface area (Å²) in [6.07, 6.45) is 1.68. The van der Waals surface area contributed by atoms with Crippen LogP contribution in [0.3, 0.4) is 0 Å². The van der Waals surface area contributed by atoms with Crippen LogP contribution in [0.5, 0.6) is 0 Å². The van der Waals surface area contributed by atoms with Gasteiger partial charge in [-0.15, -0.1) is 0 Å². The molecule has 0 aliphatic rings. The summed E-state index contributed by atoms with van der Waals surface area (Å²) in [6, 6.07) is 21.4. The molecule has 0 aliphatic heterocycles. The van der Waals surface area contributed by atoms with E-state index in [0.717, 1.165) is 27.5 Å². The van der Waals surface area contributed by atoms with Crippen LogP contribution in [0.4, 0.5) is 0 Å². The number of hydrogen-bond donors (Lipinski definition) is 0. The summed E-state index contributed by atoms with van der Waals surface area (Å²) in [5.74, 6) is -0.0337. The second-order valence-electron chi connectivity index (χ2n) is 6.03. The first-order valence-corrected chi connectivity index (χ1v) is 8.16. The Morgan fingerprint density at radius 1 is 0.920 bits per heavy atom. The van der Waals surface area contributed by atoms with E-state index in [1.54, 1.807) is 24.2 Å². The van der Waals surface area contributed by atoms with Gasteiger partial charge in [-0.3, -0.25) is 14.8 Å². The van der Waals surface area contributed by atoms with Crippen LogP contribution in [0, 0.1) is 0 Å². The van der Waals surface area contributed by atoms with Crippen molar-refractivity contribution in [3.05, 3.63) is 84.2 Å². The van der Waals surface area contributed by atoms with Gasteiger partial charge < -0.3 is 4.90 Å². The highest BCUT2D eigenvalue weighted by Gasteiger charge is 2.15. The maximum absolute atomic E-state index is 12.9. The zero-order valence-electron chi connectivity index (χ0n) is 13.9. The second-order valence-corrected chi connectivity index (χ2v) is 6.03. The molecule has 0 fully saturated rings. The number of pyridine rings is 2. The molecule has 2 aromatic heterocycles. The molecule has 4 nitrogen and oxygen atoms in total. The third-order valence-corrected chi connectivity index (χ3v) is 4.28. The Morgan fingerprint density at radius 2 is 1.68 bits per heavy atom. The molecule has 4 aromatic rings. The summed E-state index contributed by atoms with van der Waals surface area (Å²) in [7, 11) is 1.80. The Labute approximate surface area is 145 Å². The standard InChI is InChI=1S/C21H17N3O/c1-24(14-16-11-10-15-6-2-4-8-19(15)23-16)21(25)18-12-13-22-20-9-5-3-7-17(18)20/h2-13H,14H2,1H3. The first kappa shape index (κ1) is 15.3. The largest absolute Gasteiger partial charge is 0.336 e. The maximum atomic E-state index is 12.9. The summed E-state index contributed by atoms with van der Waals surface area (Å²) in [5.41, 5.74) is 3.29. The minimum Gasteiger partial charge on any atom is -0.336 e. The van der Waals surface area contributed by atoms with Gasteiger partial charge in [0.1, 0.15) is 0 Å². The molecule has 2 aromatic carbocycles. The van der Waals surface area contributed by atoms with E-state index in [2.05, 4.69) is 9.97 Å². The first-order chi connectivity index (χ1) is 12.2. The fourth-order valence-electron chi connectivity index (χ4n) is 3.00. The fourth-order valence-corrected chi connectivity index (χ4v) is 3.00. The van der Waals surface area contributed by atoms with Gasteiger partial charge in [-0.2, -0.15) is 0 Å². The van der Waals surface area contributed by atoms with E-state index in [9.17, 15) is 4.79 Å². The Morgan fingerprint density at radius 3 is 2.56 bits per heavy atom. The maximum Gasteiger partial charge on any atom is 0.254 e. The molecule has 0 saturated carbocycles. The monoisotopic (exact) mass is 327 g/mol. The zero-order chi connectivity index (χ0) is 17.2. The van der Waals surface area contributed by atoms with Gasteiger partial charge in [0.05, 0.1) is 28.8 Å². The van der Waals surface area contributed by atoms with E-state index >= 15 is 0 Å². The molecule has 4 rings (SSSR count). The fraction of sp³-hybridized carbons (Fsp3) is 0.0952. The Balaban J connectivity index is 1.63. The molecule has 4 heteroatoms. The van der Waals surface area contributed by atoms with Gasteiger partial charge in [-0.1, -0.05) is 42.5 Å². The predicted molar refractivity (Wildman–Crippen MR) is 99.3 cm³/mol. The van der Waals surface area contributed by atoms with Crippen molar-refractivity contribution in [2.24, 2.45) is 0 Å². The van der Waals surface area contributed by atoms with Crippen molar-refractivity contribution in [2.45, 2.75) is 6.54 Å². The Kier molecular flexibility index (Phi) is 3.86. The average molecular weight is 327 g/mol. The third kappa shape index (κ3) is 2.94. The summed E-state index contributed by atoms with van der Waals surface area (Å²) in [6.45, 7) is 0.459. The van der Waals surface area contributed by atoms with Crippen LogP contribution in [0.2, 0.25) is 0 Å². The lowest BCUT2D eigenvalue weighted by Crippen LogP contribution is -2.26. The first-order valence-electron chi connectivity index (χ1n) is 8.16. The summed E-state index contributed by atoms with van der Waals surface area (Å²) in [5, 5.41) is 1.97. The molecule has 122 valence electrons. The molecule has 0 saturated heterocycles. The van der Waals surface area contributed by atoms with E-state index < -0.39 is 0 Å². The van der Waals surface area contributed by atoms with Gasteiger partial charge >= 0.3 is 0 Å². The van der Waals surface area contributed by atoms with Crippen LogP contribution < -0.4 is 0 Å². The minimum atomic E-state index is -0.0337. The molecule has 0 bridgehead atoms. The van der Waals surface area contributed by atoms with E-state index in [1.165, 1.54) is 0 Å². The van der Waals surface area contributed by atoms with E-state index in [1.807, 2.05) is 60.7 Å². The highest BCUT2D eigenvalue weighted by Crippen LogP contribution is 2.19. The van der Waals surface area contributed by atoms with Crippen molar-refractivity contribution in [3.63, 3.8) is 0 Å². The molecule has 25 heavy (non-hydrogen) atoms. The van der Waals surface area contributed by atoms with Crippen LogP contribution in [-0.2, 0) is 6.54 Å². The van der Waals surface area contributed by atoms with E-state index in [0.29, 0.717) is 12.1 Å². The van der Waals surface area contributed by atoms with Crippen LogP contribution in [-0.4, -0.2) is 27.8 Å². The zero-order valence-corrected chi connectivity index (χ0v) is 13.9. The number of aromatic nitrogens is 2. The molecule has 0 N–H and O–H groups in total. The van der Waals surface area contributed by atoms with Crippen LogP contribution in [0.25, 0.3) is 21.8 Å². The van der Waals surface area contributed by atoms with Crippen molar-refractivity contribution in [1.29, 1.82) is 0 Å². The molecule has 0 unspecified atom stereocenters. The summed E-state index contributed by atoms with van der Waals surface area (Å²) >= 11 is 0. The topological polar surface area (TPSA) is 46.1 Å². The Bertz CT molecular complexity index is 1070. The highest BCUT2D eigenvalue weighted by atomic mass is 16.2. The van der Waals surface area contributed by atoms with Crippen molar-refractivity contribution in [3.8, 4) is 0 Å². The van der Waals surface area contributed by atoms with Gasteiger partial charge in [0.25, 0.3) is 5.91 Å². The quantitative estimate of drug-likeness (QED) is 0.570. The number of nitrogens with zero attached hydrogens (tertiary/aromatic N) is 3. The number of rotatable bonds is 3. The molecule has 0 spiro atoms. The van der Waals surface area contributed by atoms with Crippen LogP contribution in [0.15, 0.2) is 72.9 Å². The molecule has 0 aliphatic carbocycles. The number of para-hydroxylation sites is 2. The smallest absolute Gasteiger partial charge is 0.254 e. The predicted octanol–water partition coefficient (Wildman–Crippen LogP) is 4.06. The number of amides is 1. The second kappa shape index (κ2) is 6.32. The normalized spacial score (nSPS) is 10.9. The molecule has 2 heterocycles. The molecule has 1 amide bonds. The number of fused-ring (bicyclic) bond motifs is 2. The lowest BCUT2D eigenvalue weighted by atomic mass is 10.1. The van der Waals surface area contributed by atoms with Crippen molar-refractivity contribution < 1.29 is 4.79 Å². The highest BCUT2D eigenvalue weighted by molar-refractivity contribution is 6.05. The molecular formula is C21H17N3O.